The topological polar surface area (TPSA) is 52.6 Å². The van der Waals surface area contributed by atoms with E-state index in [9.17, 15) is 9.59 Å². The van der Waals surface area contributed by atoms with Crippen molar-refractivity contribution in [3.8, 4) is 0 Å². The van der Waals surface area contributed by atoms with E-state index in [1.54, 1.807) is 6.92 Å². The summed E-state index contributed by atoms with van der Waals surface area (Å²) in [6.07, 6.45) is 5.89. The van der Waals surface area contributed by atoms with Crippen LogP contribution in [0.3, 0.4) is 0 Å². The molecular weight excluding hydrogens is 220 g/mol. The molecule has 3 fully saturated rings. The lowest BCUT2D eigenvalue weighted by Gasteiger charge is -2.33. The van der Waals surface area contributed by atoms with Crippen molar-refractivity contribution in [1.29, 1.82) is 0 Å². The molecule has 3 rings (SSSR count). The van der Waals surface area contributed by atoms with Gasteiger partial charge in [0.15, 0.2) is 5.41 Å². The Labute approximate surface area is 101 Å². The molecule has 0 aromatic heterocycles. The van der Waals surface area contributed by atoms with E-state index < -0.39 is 5.41 Å². The molecule has 4 heteroatoms. The molecule has 0 aromatic carbocycles. The summed E-state index contributed by atoms with van der Waals surface area (Å²) in [7, 11) is 0. The van der Waals surface area contributed by atoms with Crippen LogP contribution in [0.5, 0.6) is 0 Å². The first-order valence-electron chi connectivity index (χ1n) is 6.56. The number of rotatable bonds is 2. The molecule has 4 nitrogen and oxygen atoms in total. The van der Waals surface area contributed by atoms with Gasteiger partial charge < -0.3 is 9.47 Å². The molecule has 2 aliphatic carbocycles. The van der Waals surface area contributed by atoms with Crippen LogP contribution >= 0.6 is 0 Å². The number of ether oxygens (including phenoxy) is 2. The second-order valence-electron chi connectivity index (χ2n) is 5.46. The maximum Gasteiger partial charge on any atom is 0.324 e. The van der Waals surface area contributed by atoms with Crippen LogP contribution in [0.4, 0.5) is 0 Å². The van der Waals surface area contributed by atoms with Gasteiger partial charge >= 0.3 is 11.9 Å². The van der Waals surface area contributed by atoms with Gasteiger partial charge in [-0.05, 0) is 39.0 Å². The van der Waals surface area contributed by atoms with Crippen molar-refractivity contribution in [2.45, 2.75) is 51.0 Å². The standard InChI is InChI=1S/C13H18O4/c1-2-16-10(14)13-8-9(13)12(17-11(13)15)6-4-3-5-7-12/h9H,2-8H2,1H3/t9-,13-/m0/s1. The third-order valence-corrected chi connectivity index (χ3v) is 4.60. The molecule has 3 aliphatic rings. The number of esters is 2. The van der Waals surface area contributed by atoms with E-state index in [4.69, 9.17) is 9.47 Å². The molecule has 0 amide bonds. The highest BCUT2D eigenvalue weighted by molar-refractivity contribution is 6.06. The highest BCUT2D eigenvalue weighted by Gasteiger charge is 2.80. The van der Waals surface area contributed by atoms with Crippen LogP contribution in [0.15, 0.2) is 0 Å². The molecule has 2 saturated carbocycles. The molecule has 2 atom stereocenters. The molecule has 94 valence electrons. The van der Waals surface area contributed by atoms with Crippen LogP contribution in [0.25, 0.3) is 0 Å². The molecule has 17 heavy (non-hydrogen) atoms. The smallest absolute Gasteiger partial charge is 0.324 e. The maximum atomic E-state index is 12.0. The van der Waals surface area contributed by atoms with Gasteiger partial charge in [-0.1, -0.05) is 6.42 Å². The highest BCUT2D eigenvalue weighted by atomic mass is 16.6. The molecule has 0 aromatic rings. The maximum absolute atomic E-state index is 12.0. The average Bonchev–Trinajstić information content (AvgIpc) is 3.03. The summed E-state index contributed by atoms with van der Waals surface area (Å²) in [4.78, 5) is 23.9. The molecule has 0 bridgehead atoms. The predicted molar refractivity (Wildman–Crippen MR) is 59.1 cm³/mol. The first-order valence-corrected chi connectivity index (χ1v) is 6.56. The Morgan fingerprint density at radius 1 is 1.41 bits per heavy atom. The summed E-state index contributed by atoms with van der Waals surface area (Å²) < 4.78 is 10.6. The van der Waals surface area contributed by atoms with E-state index in [1.807, 2.05) is 0 Å². The van der Waals surface area contributed by atoms with Gasteiger partial charge in [0.25, 0.3) is 0 Å². The van der Waals surface area contributed by atoms with Crippen molar-refractivity contribution in [3.05, 3.63) is 0 Å². The third kappa shape index (κ3) is 1.30. The van der Waals surface area contributed by atoms with Gasteiger partial charge in [0.2, 0.25) is 0 Å². The molecule has 1 saturated heterocycles. The molecule has 1 spiro atoms. The average molecular weight is 238 g/mol. The van der Waals surface area contributed by atoms with Crippen LogP contribution in [-0.2, 0) is 19.1 Å². The van der Waals surface area contributed by atoms with E-state index in [2.05, 4.69) is 0 Å². The van der Waals surface area contributed by atoms with Crippen molar-refractivity contribution in [3.63, 3.8) is 0 Å². The minimum absolute atomic E-state index is 0.0850. The fraction of sp³-hybridized carbons (Fsp3) is 0.846. The summed E-state index contributed by atoms with van der Waals surface area (Å²) in [6.45, 7) is 2.09. The molecule has 1 aliphatic heterocycles. The van der Waals surface area contributed by atoms with E-state index in [-0.39, 0.29) is 23.5 Å². The summed E-state index contributed by atoms with van der Waals surface area (Å²) in [6, 6.07) is 0. The van der Waals surface area contributed by atoms with E-state index >= 15 is 0 Å². The van der Waals surface area contributed by atoms with Crippen LogP contribution in [0.1, 0.15) is 45.4 Å². The van der Waals surface area contributed by atoms with E-state index in [1.165, 1.54) is 6.42 Å². The van der Waals surface area contributed by atoms with Crippen molar-refractivity contribution in [2.75, 3.05) is 6.61 Å². The molecule has 0 radical (unpaired) electrons. The summed E-state index contributed by atoms with van der Waals surface area (Å²) >= 11 is 0. The first-order chi connectivity index (χ1) is 8.16. The second kappa shape index (κ2) is 3.47. The molecule has 1 heterocycles. The Balaban J connectivity index is 1.84. The Hall–Kier alpha value is -1.06. The van der Waals surface area contributed by atoms with Gasteiger partial charge in [0, 0.05) is 5.92 Å². The SMILES string of the molecule is CCOC(=O)[C@]12C[C@H]1C1(CCCCC1)OC2=O. The highest BCUT2D eigenvalue weighted by Crippen LogP contribution is 2.68. The Morgan fingerprint density at radius 2 is 2.12 bits per heavy atom. The zero-order chi connectivity index (χ0) is 12.1. The number of fused-ring (bicyclic) bond motifs is 2. The minimum Gasteiger partial charge on any atom is -0.465 e. The zero-order valence-corrected chi connectivity index (χ0v) is 10.2. The van der Waals surface area contributed by atoms with Crippen LogP contribution in [-0.4, -0.2) is 24.1 Å². The Bertz CT molecular complexity index is 370. The second-order valence-corrected chi connectivity index (χ2v) is 5.46. The monoisotopic (exact) mass is 238 g/mol. The van der Waals surface area contributed by atoms with Crippen LogP contribution in [0, 0.1) is 11.3 Å². The largest absolute Gasteiger partial charge is 0.465 e. The van der Waals surface area contributed by atoms with Gasteiger partial charge in [0.1, 0.15) is 5.60 Å². The fourth-order valence-electron chi connectivity index (χ4n) is 3.64. The Kier molecular flexibility index (Phi) is 2.25. The van der Waals surface area contributed by atoms with E-state index in [0.717, 1.165) is 25.7 Å². The lowest BCUT2D eigenvalue weighted by molar-refractivity contribution is -0.165. The minimum atomic E-state index is -0.923. The number of hydrogen-bond donors (Lipinski definition) is 0. The molecule has 0 N–H and O–H groups in total. The third-order valence-electron chi connectivity index (χ3n) is 4.60. The molecule has 0 unspecified atom stereocenters. The number of carbonyl (C=O) groups excluding carboxylic acids is 2. The molecular formula is C13H18O4. The predicted octanol–water partition coefficient (Wildman–Crippen LogP) is 1.82. The van der Waals surface area contributed by atoms with Gasteiger partial charge in [-0.25, -0.2) is 0 Å². The normalized spacial score (nSPS) is 37.5. The summed E-state index contributed by atoms with van der Waals surface area (Å²) in [5.74, 6) is -0.609. The van der Waals surface area contributed by atoms with Crippen molar-refractivity contribution in [2.24, 2.45) is 11.3 Å². The van der Waals surface area contributed by atoms with Gasteiger partial charge in [-0.3, -0.25) is 9.59 Å². The van der Waals surface area contributed by atoms with Gasteiger partial charge in [-0.15, -0.1) is 0 Å². The van der Waals surface area contributed by atoms with Gasteiger partial charge in [0.05, 0.1) is 6.61 Å². The lowest BCUT2D eigenvalue weighted by Crippen LogP contribution is -2.35. The van der Waals surface area contributed by atoms with Crippen molar-refractivity contribution in [1.82, 2.24) is 0 Å². The fourth-order valence-corrected chi connectivity index (χ4v) is 3.64. The number of hydrogen-bond acceptors (Lipinski definition) is 4. The first kappa shape index (κ1) is 11.1. The zero-order valence-electron chi connectivity index (χ0n) is 10.2. The van der Waals surface area contributed by atoms with E-state index in [0.29, 0.717) is 13.0 Å². The van der Waals surface area contributed by atoms with Crippen molar-refractivity contribution >= 4 is 11.9 Å². The quantitative estimate of drug-likeness (QED) is 0.544. The summed E-state index contributed by atoms with van der Waals surface area (Å²) in [5.41, 5.74) is -1.25. The van der Waals surface area contributed by atoms with Gasteiger partial charge in [-0.2, -0.15) is 0 Å². The lowest BCUT2D eigenvalue weighted by atomic mass is 9.80. The van der Waals surface area contributed by atoms with Crippen LogP contribution in [0.2, 0.25) is 0 Å². The van der Waals surface area contributed by atoms with Crippen LogP contribution < -0.4 is 0 Å². The summed E-state index contributed by atoms with van der Waals surface area (Å²) in [5, 5.41) is 0. The number of carbonyl (C=O) groups is 2. The van der Waals surface area contributed by atoms with Crippen molar-refractivity contribution < 1.29 is 19.1 Å². The Morgan fingerprint density at radius 3 is 2.71 bits per heavy atom.